The van der Waals surface area contributed by atoms with Crippen LogP contribution in [0.25, 0.3) is 0 Å². The fraction of sp³-hybridized carbons (Fsp3) is 1.00. The van der Waals surface area contributed by atoms with Crippen LogP contribution in [0.3, 0.4) is 0 Å². The largest absolute Gasteiger partial charge is 0.119 e. The number of rotatable bonds is 1. The summed E-state index contributed by atoms with van der Waals surface area (Å²) in [5.41, 5.74) is 0. The third kappa shape index (κ3) is 1.17. The van der Waals surface area contributed by atoms with Gasteiger partial charge in [0.1, 0.15) is 0 Å². The van der Waals surface area contributed by atoms with Gasteiger partial charge in [-0.3, -0.25) is 0 Å². The van der Waals surface area contributed by atoms with Gasteiger partial charge in [0.05, 0.1) is 0 Å². The molecule has 2 atom stereocenters. The predicted octanol–water partition coefficient (Wildman–Crippen LogP) is 3.83. The van der Waals surface area contributed by atoms with Gasteiger partial charge in [-0.05, 0) is 55.8 Å². The summed E-state index contributed by atoms with van der Waals surface area (Å²) < 4.78 is 0. The van der Waals surface area contributed by atoms with E-state index in [0.29, 0.717) is 0 Å². The number of halogens is 1. The maximum absolute atomic E-state index is 6.65. The Morgan fingerprint density at radius 2 is 1.77 bits per heavy atom. The van der Waals surface area contributed by atoms with Crippen LogP contribution in [0.5, 0.6) is 0 Å². The lowest BCUT2D eigenvalue weighted by molar-refractivity contribution is -0.0252. The van der Waals surface area contributed by atoms with Gasteiger partial charge < -0.3 is 0 Å². The van der Waals surface area contributed by atoms with Crippen LogP contribution < -0.4 is 0 Å². The highest BCUT2D eigenvalue weighted by Crippen LogP contribution is 2.61. The van der Waals surface area contributed by atoms with Gasteiger partial charge in [-0.15, -0.1) is 11.6 Å². The molecule has 0 N–H and O–H groups in total. The van der Waals surface area contributed by atoms with E-state index in [2.05, 4.69) is 6.92 Å². The van der Waals surface area contributed by atoms with Crippen molar-refractivity contribution in [2.24, 2.45) is 23.7 Å². The van der Waals surface area contributed by atoms with E-state index < -0.39 is 0 Å². The molecule has 0 radical (unpaired) electrons. The van der Waals surface area contributed by atoms with Crippen molar-refractivity contribution in [1.29, 1.82) is 0 Å². The van der Waals surface area contributed by atoms with Crippen molar-refractivity contribution in [3.63, 3.8) is 0 Å². The second kappa shape index (κ2) is 2.66. The van der Waals surface area contributed by atoms with Gasteiger partial charge in [-0.2, -0.15) is 0 Å². The molecule has 0 heterocycles. The van der Waals surface area contributed by atoms with Crippen LogP contribution in [-0.4, -0.2) is 4.87 Å². The van der Waals surface area contributed by atoms with Crippen molar-refractivity contribution in [3.05, 3.63) is 0 Å². The molecule has 0 aromatic carbocycles. The summed E-state index contributed by atoms with van der Waals surface area (Å²) in [4.78, 5) is 0.252. The molecule has 0 aromatic rings. The minimum absolute atomic E-state index is 0.252. The number of alkyl halides is 1. The van der Waals surface area contributed by atoms with E-state index in [1.807, 2.05) is 0 Å². The molecule has 4 aliphatic rings. The SMILES string of the molecule is CCC1C2CC3CC1CC(Cl)(C3)C2. The molecule has 13 heavy (non-hydrogen) atoms. The maximum atomic E-state index is 6.65. The summed E-state index contributed by atoms with van der Waals surface area (Å²) in [7, 11) is 0. The van der Waals surface area contributed by atoms with Gasteiger partial charge in [0.25, 0.3) is 0 Å². The third-order valence-corrected chi connectivity index (χ3v) is 5.33. The zero-order valence-corrected chi connectivity index (χ0v) is 9.19. The lowest BCUT2D eigenvalue weighted by Gasteiger charge is -2.58. The minimum atomic E-state index is 0.252. The molecule has 4 aliphatic carbocycles. The number of hydrogen-bond acceptors (Lipinski definition) is 0. The smallest absolute Gasteiger partial charge is 0.0455 e. The molecule has 0 amide bonds. The van der Waals surface area contributed by atoms with Crippen molar-refractivity contribution < 1.29 is 0 Å². The summed E-state index contributed by atoms with van der Waals surface area (Å²) in [6.45, 7) is 2.37. The average molecular weight is 199 g/mol. The second-order valence-electron chi connectivity index (χ2n) is 5.69. The highest BCUT2D eigenvalue weighted by atomic mass is 35.5. The normalized spacial score (nSPS) is 58.6. The van der Waals surface area contributed by atoms with Gasteiger partial charge in [-0.25, -0.2) is 0 Å². The Balaban J connectivity index is 1.90. The summed E-state index contributed by atoms with van der Waals surface area (Å²) in [6.07, 6.45) is 8.40. The van der Waals surface area contributed by atoms with E-state index >= 15 is 0 Å². The molecular weight excluding hydrogens is 180 g/mol. The van der Waals surface area contributed by atoms with E-state index in [1.165, 1.54) is 38.5 Å². The van der Waals surface area contributed by atoms with E-state index in [9.17, 15) is 0 Å². The summed E-state index contributed by atoms with van der Waals surface area (Å²) >= 11 is 6.65. The Hall–Kier alpha value is 0.290. The van der Waals surface area contributed by atoms with Crippen LogP contribution >= 0.6 is 11.6 Å². The van der Waals surface area contributed by atoms with Crippen LogP contribution in [-0.2, 0) is 0 Å². The van der Waals surface area contributed by atoms with E-state index in [1.54, 1.807) is 0 Å². The van der Waals surface area contributed by atoms with Gasteiger partial charge >= 0.3 is 0 Å². The maximum Gasteiger partial charge on any atom is 0.0455 e. The molecule has 0 aromatic heterocycles. The van der Waals surface area contributed by atoms with Crippen molar-refractivity contribution in [2.45, 2.75) is 50.3 Å². The Morgan fingerprint density at radius 1 is 1.15 bits per heavy atom. The van der Waals surface area contributed by atoms with Crippen LogP contribution in [0.4, 0.5) is 0 Å². The lowest BCUT2D eigenvalue weighted by atomic mass is 9.51. The van der Waals surface area contributed by atoms with Crippen LogP contribution in [0.2, 0.25) is 0 Å². The fourth-order valence-electron chi connectivity index (χ4n) is 4.70. The number of hydrogen-bond donors (Lipinski definition) is 0. The Bertz CT molecular complexity index is 207. The quantitative estimate of drug-likeness (QED) is 0.562. The molecular formula is C12H19Cl. The topological polar surface area (TPSA) is 0 Å². The van der Waals surface area contributed by atoms with E-state index in [-0.39, 0.29) is 4.87 Å². The first-order chi connectivity index (χ1) is 6.20. The monoisotopic (exact) mass is 198 g/mol. The van der Waals surface area contributed by atoms with E-state index in [4.69, 9.17) is 11.6 Å². The predicted molar refractivity (Wildman–Crippen MR) is 55.9 cm³/mol. The Labute approximate surface area is 86.0 Å². The van der Waals surface area contributed by atoms with Crippen LogP contribution in [0.15, 0.2) is 0 Å². The summed E-state index contributed by atoms with van der Waals surface area (Å²) in [5.74, 6) is 4.02. The second-order valence-corrected chi connectivity index (χ2v) is 6.49. The van der Waals surface area contributed by atoms with Gasteiger partial charge in [-0.1, -0.05) is 13.3 Å². The van der Waals surface area contributed by atoms with Crippen molar-refractivity contribution in [2.75, 3.05) is 0 Å². The molecule has 4 saturated carbocycles. The van der Waals surface area contributed by atoms with Crippen molar-refractivity contribution in [1.82, 2.24) is 0 Å². The average Bonchev–Trinajstić information content (AvgIpc) is 2.00. The van der Waals surface area contributed by atoms with Crippen LogP contribution in [0.1, 0.15) is 45.4 Å². The molecule has 74 valence electrons. The fourth-order valence-corrected chi connectivity index (χ4v) is 5.31. The van der Waals surface area contributed by atoms with E-state index in [0.717, 1.165) is 23.7 Å². The summed E-state index contributed by atoms with van der Waals surface area (Å²) in [5, 5.41) is 0. The lowest BCUT2D eigenvalue weighted by Crippen LogP contribution is -2.51. The highest BCUT2D eigenvalue weighted by Gasteiger charge is 2.53. The summed E-state index contributed by atoms with van der Waals surface area (Å²) in [6, 6.07) is 0. The Morgan fingerprint density at radius 3 is 2.23 bits per heavy atom. The molecule has 2 unspecified atom stereocenters. The standard InChI is InChI=1S/C12H19Cl/c1-2-11-9-3-8-4-10(11)7-12(13,5-8)6-9/h8-11H,2-7H2,1H3. The molecule has 0 saturated heterocycles. The molecule has 0 nitrogen and oxygen atoms in total. The Kier molecular flexibility index (Phi) is 1.75. The molecule has 0 spiro atoms. The molecule has 4 bridgehead atoms. The van der Waals surface area contributed by atoms with Crippen LogP contribution in [0, 0.1) is 23.7 Å². The zero-order valence-electron chi connectivity index (χ0n) is 8.43. The zero-order chi connectivity index (χ0) is 9.05. The molecule has 4 fully saturated rings. The first kappa shape index (κ1) is 8.59. The molecule has 1 heteroatoms. The first-order valence-electron chi connectivity index (χ1n) is 5.89. The van der Waals surface area contributed by atoms with Gasteiger partial charge in [0, 0.05) is 4.87 Å². The third-order valence-electron chi connectivity index (χ3n) is 4.87. The minimum Gasteiger partial charge on any atom is -0.119 e. The van der Waals surface area contributed by atoms with Crippen molar-refractivity contribution >= 4 is 11.6 Å². The van der Waals surface area contributed by atoms with Gasteiger partial charge in [0.2, 0.25) is 0 Å². The molecule has 4 rings (SSSR count). The van der Waals surface area contributed by atoms with Gasteiger partial charge in [0.15, 0.2) is 0 Å². The van der Waals surface area contributed by atoms with Crippen molar-refractivity contribution in [3.8, 4) is 0 Å². The first-order valence-corrected chi connectivity index (χ1v) is 6.27. The molecule has 0 aliphatic heterocycles. The highest BCUT2D eigenvalue weighted by molar-refractivity contribution is 6.24.